The Morgan fingerprint density at radius 3 is 2.62 bits per heavy atom. The van der Waals surface area contributed by atoms with Crippen molar-refractivity contribution in [2.24, 2.45) is 5.41 Å². The monoisotopic (exact) mass is 184 g/mol. The van der Waals surface area contributed by atoms with Crippen LogP contribution in [0, 0.1) is 5.41 Å². The maximum absolute atomic E-state index is 10.2. The molecule has 2 heteroatoms. The smallest absolute Gasteiger partial charge is 0.120 e. The highest BCUT2D eigenvalue weighted by Gasteiger charge is 2.37. The van der Waals surface area contributed by atoms with E-state index in [4.69, 9.17) is 0 Å². The van der Waals surface area contributed by atoms with Crippen LogP contribution >= 0.6 is 0 Å². The van der Waals surface area contributed by atoms with Crippen molar-refractivity contribution in [3.63, 3.8) is 0 Å². The molecule has 2 nitrogen and oxygen atoms in total. The van der Waals surface area contributed by atoms with Crippen LogP contribution in [0.4, 0.5) is 0 Å². The summed E-state index contributed by atoms with van der Waals surface area (Å²) >= 11 is 0. The van der Waals surface area contributed by atoms with E-state index in [1.165, 1.54) is 6.42 Å². The number of hydrogen-bond donors (Lipinski definition) is 1. The highest BCUT2D eigenvalue weighted by atomic mass is 16.3. The van der Waals surface area contributed by atoms with Gasteiger partial charge in [0.25, 0.3) is 0 Å². The average molecular weight is 184 g/mol. The fourth-order valence-electron chi connectivity index (χ4n) is 2.50. The second-order valence-corrected chi connectivity index (χ2v) is 5.12. The van der Waals surface area contributed by atoms with Crippen LogP contribution in [0.1, 0.15) is 52.4 Å². The molecule has 1 unspecified atom stereocenters. The molecular weight excluding hydrogens is 164 g/mol. The van der Waals surface area contributed by atoms with Gasteiger partial charge in [0.15, 0.2) is 0 Å². The van der Waals surface area contributed by atoms with Crippen LogP contribution in [0.2, 0.25) is 0 Å². The van der Waals surface area contributed by atoms with Crippen molar-refractivity contribution in [2.45, 2.75) is 58.0 Å². The van der Waals surface area contributed by atoms with E-state index < -0.39 is 5.60 Å². The number of rotatable bonds is 3. The molecule has 1 atom stereocenters. The fourth-order valence-corrected chi connectivity index (χ4v) is 2.50. The molecule has 0 aliphatic heterocycles. The van der Waals surface area contributed by atoms with Gasteiger partial charge in [-0.3, -0.25) is 0 Å². The zero-order chi connectivity index (χ0) is 9.95. The topological polar surface area (TPSA) is 37.3 Å². The molecule has 0 heterocycles. The average Bonchev–Trinajstić information content (AvgIpc) is 1.98. The van der Waals surface area contributed by atoms with Gasteiger partial charge in [0.05, 0.1) is 5.60 Å². The maximum Gasteiger partial charge on any atom is 0.120 e. The number of carbonyl (C=O) groups is 1. The Balaban J connectivity index is 2.52. The molecule has 76 valence electrons. The molecule has 1 saturated carbocycles. The van der Waals surface area contributed by atoms with Crippen molar-refractivity contribution in [1.29, 1.82) is 0 Å². The van der Waals surface area contributed by atoms with Crippen molar-refractivity contribution in [3.05, 3.63) is 0 Å². The van der Waals surface area contributed by atoms with Crippen LogP contribution in [-0.2, 0) is 4.79 Å². The van der Waals surface area contributed by atoms with E-state index in [0.29, 0.717) is 12.8 Å². The van der Waals surface area contributed by atoms with E-state index in [0.717, 1.165) is 25.5 Å². The van der Waals surface area contributed by atoms with E-state index in [-0.39, 0.29) is 5.41 Å². The van der Waals surface area contributed by atoms with Gasteiger partial charge in [-0.1, -0.05) is 20.3 Å². The van der Waals surface area contributed by atoms with Gasteiger partial charge >= 0.3 is 0 Å². The highest BCUT2D eigenvalue weighted by molar-refractivity contribution is 5.49. The van der Waals surface area contributed by atoms with Crippen molar-refractivity contribution in [1.82, 2.24) is 0 Å². The minimum atomic E-state index is -0.567. The Hall–Kier alpha value is -0.370. The van der Waals surface area contributed by atoms with Gasteiger partial charge in [-0.05, 0) is 31.1 Å². The van der Waals surface area contributed by atoms with Crippen LogP contribution in [0.25, 0.3) is 0 Å². The standard InChI is InChI=1S/C11H20O2/c1-10(2)5-3-6-11(13,9-10)7-4-8-12/h8,13H,3-7,9H2,1-2H3. The molecule has 0 radical (unpaired) electrons. The Bertz CT molecular complexity index is 187. The molecular formula is C11H20O2. The highest BCUT2D eigenvalue weighted by Crippen LogP contribution is 2.42. The van der Waals surface area contributed by atoms with Crippen LogP contribution in [-0.4, -0.2) is 17.0 Å². The van der Waals surface area contributed by atoms with Crippen molar-refractivity contribution in [3.8, 4) is 0 Å². The second-order valence-electron chi connectivity index (χ2n) is 5.12. The number of carbonyl (C=O) groups excluding carboxylic acids is 1. The van der Waals surface area contributed by atoms with E-state index in [1.54, 1.807) is 0 Å². The number of hydrogen-bond acceptors (Lipinski definition) is 2. The third-order valence-electron chi connectivity index (χ3n) is 3.03. The summed E-state index contributed by atoms with van der Waals surface area (Å²) in [6.07, 6.45) is 6.02. The zero-order valence-corrected chi connectivity index (χ0v) is 8.68. The molecule has 0 bridgehead atoms. The van der Waals surface area contributed by atoms with Gasteiger partial charge in [-0.2, -0.15) is 0 Å². The molecule has 0 aromatic carbocycles. The summed E-state index contributed by atoms with van der Waals surface area (Å²) < 4.78 is 0. The third-order valence-corrected chi connectivity index (χ3v) is 3.03. The number of aldehydes is 1. The van der Waals surface area contributed by atoms with Crippen molar-refractivity contribution >= 4 is 6.29 Å². The second kappa shape index (κ2) is 3.79. The van der Waals surface area contributed by atoms with Gasteiger partial charge in [-0.15, -0.1) is 0 Å². The normalized spacial score (nSPS) is 32.8. The molecule has 0 amide bonds. The summed E-state index contributed by atoms with van der Waals surface area (Å²) in [6.45, 7) is 4.38. The van der Waals surface area contributed by atoms with Gasteiger partial charge in [-0.25, -0.2) is 0 Å². The molecule has 1 rings (SSSR count). The molecule has 1 aliphatic rings. The summed E-state index contributed by atoms with van der Waals surface area (Å²) in [7, 11) is 0. The summed E-state index contributed by atoms with van der Waals surface area (Å²) in [5.41, 5.74) is -0.321. The number of aliphatic hydroxyl groups is 1. The summed E-state index contributed by atoms with van der Waals surface area (Å²) in [4.78, 5) is 10.2. The lowest BCUT2D eigenvalue weighted by atomic mass is 9.68. The van der Waals surface area contributed by atoms with Crippen molar-refractivity contribution < 1.29 is 9.90 Å². The third kappa shape index (κ3) is 3.11. The first-order valence-corrected chi connectivity index (χ1v) is 5.14. The first kappa shape index (κ1) is 10.7. The molecule has 1 N–H and O–H groups in total. The minimum Gasteiger partial charge on any atom is -0.390 e. The Labute approximate surface area is 80.3 Å². The van der Waals surface area contributed by atoms with Gasteiger partial charge in [0, 0.05) is 6.42 Å². The first-order valence-electron chi connectivity index (χ1n) is 5.14. The Morgan fingerprint density at radius 2 is 2.08 bits per heavy atom. The van der Waals surface area contributed by atoms with E-state index >= 15 is 0 Å². The Kier molecular flexibility index (Phi) is 3.12. The minimum absolute atomic E-state index is 0.246. The lowest BCUT2D eigenvalue weighted by molar-refractivity contribution is -0.110. The van der Waals surface area contributed by atoms with Gasteiger partial charge in [0.2, 0.25) is 0 Å². The predicted octanol–water partition coefficient (Wildman–Crippen LogP) is 2.30. The Morgan fingerprint density at radius 1 is 1.38 bits per heavy atom. The van der Waals surface area contributed by atoms with Gasteiger partial charge in [0.1, 0.15) is 6.29 Å². The fraction of sp³-hybridized carbons (Fsp3) is 0.909. The van der Waals surface area contributed by atoms with E-state index in [2.05, 4.69) is 13.8 Å². The summed E-state index contributed by atoms with van der Waals surface area (Å²) in [5, 5.41) is 10.2. The molecule has 0 spiro atoms. The quantitative estimate of drug-likeness (QED) is 0.683. The largest absolute Gasteiger partial charge is 0.390 e. The van der Waals surface area contributed by atoms with E-state index in [1.807, 2.05) is 0 Å². The maximum atomic E-state index is 10.2. The predicted molar refractivity (Wildman–Crippen MR) is 52.5 cm³/mol. The molecule has 0 aromatic heterocycles. The van der Waals surface area contributed by atoms with Crippen LogP contribution in [0.3, 0.4) is 0 Å². The lowest BCUT2D eigenvalue weighted by Crippen LogP contribution is -2.38. The molecule has 1 aliphatic carbocycles. The first-order chi connectivity index (χ1) is 5.97. The SMILES string of the molecule is CC1(C)CCCC(O)(CCC=O)C1. The summed E-state index contributed by atoms with van der Waals surface area (Å²) in [5.74, 6) is 0. The molecule has 1 fully saturated rings. The van der Waals surface area contributed by atoms with Crippen LogP contribution < -0.4 is 0 Å². The zero-order valence-electron chi connectivity index (χ0n) is 8.68. The summed E-state index contributed by atoms with van der Waals surface area (Å²) in [6, 6.07) is 0. The van der Waals surface area contributed by atoms with Gasteiger partial charge < -0.3 is 9.90 Å². The lowest BCUT2D eigenvalue weighted by Gasteiger charge is -2.41. The molecule has 13 heavy (non-hydrogen) atoms. The van der Waals surface area contributed by atoms with Crippen LogP contribution in [0.5, 0.6) is 0 Å². The van der Waals surface area contributed by atoms with Crippen LogP contribution in [0.15, 0.2) is 0 Å². The molecule has 0 saturated heterocycles. The van der Waals surface area contributed by atoms with E-state index in [9.17, 15) is 9.90 Å². The molecule has 0 aromatic rings. The van der Waals surface area contributed by atoms with Crippen molar-refractivity contribution in [2.75, 3.05) is 0 Å².